The number of rotatable bonds is 7. The summed E-state index contributed by atoms with van der Waals surface area (Å²) in [7, 11) is 1.87. The second-order valence-electron chi connectivity index (χ2n) is 3.65. The molecule has 16 heavy (non-hydrogen) atoms. The maximum absolute atomic E-state index is 10.3. The third kappa shape index (κ3) is 4.41. The molecule has 0 saturated carbocycles. The van der Waals surface area contributed by atoms with Gasteiger partial charge in [0.25, 0.3) is 0 Å². The van der Waals surface area contributed by atoms with Crippen molar-refractivity contribution in [3.05, 3.63) is 18.0 Å². The van der Waals surface area contributed by atoms with Gasteiger partial charge in [-0.2, -0.15) is 5.10 Å². The van der Waals surface area contributed by atoms with E-state index < -0.39 is 12.1 Å². The van der Waals surface area contributed by atoms with Gasteiger partial charge in [-0.15, -0.1) is 0 Å². The van der Waals surface area contributed by atoms with Crippen LogP contribution in [0.4, 0.5) is 0 Å². The fourth-order valence-corrected chi connectivity index (χ4v) is 1.41. The average Bonchev–Trinajstić information content (AvgIpc) is 2.58. The van der Waals surface area contributed by atoms with Crippen LogP contribution in [0, 0.1) is 0 Å². The molecule has 1 atom stereocenters. The Balaban J connectivity index is 2.12. The Bertz CT molecular complexity index is 338. The Morgan fingerprint density at radius 1 is 1.69 bits per heavy atom. The SMILES string of the molecule is Cn1nccc1CCNCC(O)CC(=O)O. The van der Waals surface area contributed by atoms with E-state index in [9.17, 15) is 9.90 Å². The topological polar surface area (TPSA) is 87.4 Å². The predicted octanol–water partition coefficient (Wildman–Crippen LogP) is -0.612. The van der Waals surface area contributed by atoms with Crippen molar-refractivity contribution in [1.82, 2.24) is 15.1 Å². The number of hydrogen-bond donors (Lipinski definition) is 3. The van der Waals surface area contributed by atoms with Crippen molar-refractivity contribution in [3.8, 4) is 0 Å². The molecule has 0 fully saturated rings. The number of aryl methyl sites for hydroxylation is 1. The lowest BCUT2D eigenvalue weighted by Gasteiger charge is -2.09. The molecule has 1 unspecified atom stereocenters. The number of hydrogen-bond acceptors (Lipinski definition) is 4. The highest BCUT2D eigenvalue weighted by Crippen LogP contribution is 1.96. The summed E-state index contributed by atoms with van der Waals surface area (Å²) in [6.07, 6.45) is 1.48. The number of carboxylic acids is 1. The van der Waals surface area contributed by atoms with E-state index in [0.717, 1.165) is 12.1 Å². The normalized spacial score (nSPS) is 12.6. The Hall–Kier alpha value is -1.40. The van der Waals surface area contributed by atoms with E-state index in [1.165, 1.54) is 0 Å². The van der Waals surface area contributed by atoms with Crippen molar-refractivity contribution in [2.24, 2.45) is 7.05 Å². The summed E-state index contributed by atoms with van der Waals surface area (Å²) in [6.45, 7) is 0.986. The number of nitrogens with one attached hydrogen (secondary N) is 1. The van der Waals surface area contributed by atoms with Gasteiger partial charge in [0.15, 0.2) is 0 Å². The molecule has 1 heterocycles. The first-order valence-electron chi connectivity index (χ1n) is 5.17. The molecule has 3 N–H and O–H groups in total. The maximum Gasteiger partial charge on any atom is 0.306 e. The van der Waals surface area contributed by atoms with E-state index in [-0.39, 0.29) is 6.42 Å². The molecule has 0 aromatic carbocycles. The van der Waals surface area contributed by atoms with E-state index in [4.69, 9.17) is 5.11 Å². The number of carbonyl (C=O) groups is 1. The molecule has 1 aromatic heterocycles. The van der Waals surface area contributed by atoms with E-state index in [1.807, 2.05) is 13.1 Å². The minimum absolute atomic E-state index is 0.224. The van der Waals surface area contributed by atoms with Gasteiger partial charge < -0.3 is 15.5 Å². The molecule has 0 amide bonds. The maximum atomic E-state index is 10.3. The molecular weight excluding hydrogens is 210 g/mol. The minimum atomic E-state index is -0.985. The largest absolute Gasteiger partial charge is 0.481 e. The molecule has 90 valence electrons. The summed E-state index contributed by atoms with van der Waals surface area (Å²) in [5.41, 5.74) is 1.10. The second kappa shape index (κ2) is 6.24. The molecule has 1 rings (SSSR count). The molecular formula is C10H17N3O3. The third-order valence-electron chi connectivity index (χ3n) is 2.27. The van der Waals surface area contributed by atoms with Crippen LogP contribution in [-0.2, 0) is 18.3 Å². The number of carboxylic acid groups (broad SMARTS) is 1. The molecule has 1 aromatic rings. The number of aliphatic carboxylic acids is 1. The van der Waals surface area contributed by atoms with Gasteiger partial charge in [-0.05, 0) is 6.07 Å². The third-order valence-corrected chi connectivity index (χ3v) is 2.27. The molecule has 6 heteroatoms. The number of aliphatic hydroxyl groups is 1. The molecule has 0 aliphatic carbocycles. The van der Waals surface area contributed by atoms with Gasteiger partial charge in [0.1, 0.15) is 0 Å². The van der Waals surface area contributed by atoms with Gasteiger partial charge in [0, 0.05) is 38.4 Å². The fourth-order valence-electron chi connectivity index (χ4n) is 1.41. The Morgan fingerprint density at radius 2 is 2.44 bits per heavy atom. The zero-order chi connectivity index (χ0) is 12.0. The smallest absolute Gasteiger partial charge is 0.306 e. The summed E-state index contributed by atoms with van der Waals surface area (Å²) < 4.78 is 1.79. The molecule has 0 saturated heterocycles. The van der Waals surface area contributed by atoms with Crippen LogP contribution in [0.2, 0.25) is 0 Å². The van der Waals surface area contributed by atoms with Crippen molar-refractivity contribution < 1.29 is 15.0 Å². The standard InChI is InChI=1S/C10H17N3O3/c1-13-8(3-5-12-13)2-4-11-7-9(14)6-10(15)16/h3,5,9,11,14H,2,4,6-7H2,1H3,(H,15,16). The number of aromatic nitrogens is 2. The first-order chi connectivity index (χ1) is 7.59. The highest BCUT2D eigenvalue weighted by atomic mass is 16.4. The summed E-state index contributed by atoms with van der Waals surface area (Å²) in [5, 5.41) is 24.7. The van der Waals surface area contributed by atoms with Crippen LogP contribution in [0.25, 0.3) is 0 Å². The molecule has 0 aliphatic rings. The molecule has 0 spiro atoms. The first-order valence-corrected chi connectivity index (χ1v) is 5.17. The highest BCUT2D eigenvalue weighted by molar-refractivity contribution is 5.67. The molecule has 0 aliphatic heterocycles. The van der Waals surface area contributed by atoms with E-state index in [2.05, 4.69) is 10.4 Å². The van der Waals surface area contributed by atoms with Gasteiger partial charge in [-0.3, -0.25) is 9.48 Å². The van der Waals surface area contributed by atoms with Crippen LogP contribution in [-0.4, -0.2) is 45.2 Å². The predicted molar refractivity (Wildman–Crippen MR) is 58.0 cm³/mol. The fraction of sp³-hybridized carbons (Fsp3) is 0.600. The summed E-state index contributed by atoms with van der Waals surface area (Å²) in [5.74, 6) is -0.985. The van der Waals surface area contributed by atoms with Crippen LogP contribution in [0.5, 0.6) is 0 Å². The van der Waals surface area contributed by atoms with Crippen LogP contribution >= 0.6 is 0 Å². The van der Waals surface area contributed by atoms with Crippen molar-refractivity contribution in [2.75, 3.05) is 13.1 Å². The molecule has 6 nitrogen and oxygen atoms in total. The van der Waals surface area contributed by atoms with Gasteiger partial charge in [0.05, 0.1) is 12.5 Å². The van der Waals surface area contributed by atoms with Crippen LogP contribution in [0.1, 0.15) is 12.1 Å². The Kier molecular flexibility index (Phi) is 4.94. The lowest BCUT2D eigenvalue weighted by atomic mass is 10.2. The lowest BCUT2D eigenvalue weighted by molar-refractivity contribution is -0.139. The Morgan fingerprint density at radius 3 is 3.00 bits per heavy atom. The summed E-state index contributed by atoms with van der Waals surface area (Å²) >= 11 is 0. The van der Waals surface area contributed by atoms with Gasteiger partial charge in [-0.1, -0.05) is 0 Å². The van der Waals surface area contributed by atoms with Gasteiger partial charge in [-0.25, -0.2) is 0 Å². The zero-order valence-electron chi connectivity index (χ0n) is 9.26. The van der Waals surface area contributed by atoms with Crippen molar-refractivity contribution in [3.63, 3.8) is 0 Å². The quantitative estimate of drug-likeness (QED) is 0.541. The monoisotopic (exact) mass is 227 g/mol. The van der Waals surface area contributed by atoms with Crippen LogP contribution in [0.3, 0.4) is 0 Å². The first kappa shape index (κ1) is 12.7. The summed E-state index contributed by atoms with van der Waals surface area (Å²) in [4.78, 5) is 10.3. The zero-order valence-corrected chi connectivity index (χ0v) is 9.26. The van der Waals surface area contributed by atoms with E-state index in [1.54, 1.807) is 10.9 Å². The molecule has 0 radical (unpaired) electrons. The minimum Gasteiger partial charge on any atom is -0.481 e. The van der Waals surface area contributed by atoms with Gasteiger partial charge in [0.2, 0.25) is 0 Å². The van der Waals surface area contributed by atoms with Crippen molar-refractivity contribution in [1.29, 1.82) is 0 Å². The summed E-state index contributed by atoms with van der Waals surface area (Å²) in [6, 6.07) is 1.93. The van der Waals surface area contributed by atoms with Crippen LogP contribution in [0.15, 0.2) is 12.3 Å². The number of nitrogens with zero attached hydrogens (tertiary/aromatic N) is 2. The van der Waals surface area contributed by atoms with Gasteiger partial charge >= 0.3 is 5.97 Å². The van der Waals surface area contributed by atoms with E-state index in [0.29, 0.717) is 13.1 Å². The van der Waals surface area contributed by atoms with Crippen molar-refractivity contribution in [2.45, 2.75) is 18.9 Å². The lowest BCUT2D eigenvalue weighted by Crippen LogP contribution is -2.30. The molecule has 0 bridgehead atoms. The van der Waals surface area contributed by atoms with Crippen LogP contribution < -0.4 is 5.32 Å². The second-order valence-corrected chi connectivity index (χ2v) is 3.65. The Labute approximate surface area is 93.9 Å². The highest BCUT2D eigenvalue weighted by Gasteiger charge is 2.08. The number of aliphatic hydroxyl groups excluding tert-OH is 1. The van der Waals surface area contributed by atoms with E-state index >= 15 is 0 Å². The van der Waals surface area contributed by atoms with Crippen molar-refractivity contribution >= 4 is 5.97 Å². The average molecular weight is 227 g/mol.